The molecule has 0 amide bonds. The molecular weight excluding hydrogens is 192 g/mol. The third kappa shape index (κ3) is 2.03. The Morgan fingerprint density at radius 3 is 2.40 bits per heavy atom. The number of aliphatic hydroxyl groups excluding tert-OH is 1. The number of carboxylic acids is 1. The molecule has 3 heteroatoms. The summed E-state index contributed by atoms with van der Waals surface area (Å²) in [4.78, 5) is 11.0. The van der Waals surface area contributed by atoms with E-state index < -0.39 is 18.0 Å². The number of carbonyl (C=O) groups excluding carboxylic acids is 1. The Kier molecular flexibility index (Phi) is 3.44. The number of hydrogen-bond donors (Lipinski definition) is 1. The number of aliphatic carboxylic acids is 1. The third-order valence-electron chi connectivity index (χ3n) is 4.11. The van der Waals surface area contributed by atoms with Gasteiger partial charge in [0, 0.05) is 11.9 Å². The third-order valence-corrected chi connectivity index (χ3v) is 4.11. The number of aliphatic hydroxyl groups is 1. The Morgan fingerprint density at radius 2 is 2.13 bits per heavy atom. The van der Waals surface area contributed by atoms with Crippen molar-refractivity contribution in [3.05, 3.63) is 0 Å². The van der Waals surface area contributed by atoms with E-state index in [4.69, 9.17) is 0 Å². The van der Waals surface area contributed by atoms with Crippen molar-refractivity contribution in [3.63, 3.8) is 0 Å². The van der Waals surface area contributed by atoms with Crippen molar-refractivity contribution in [1.29, 1.82) is 0 Å². The lowest BCUT2D eigenvalue weighted by atomic mass is 9.72. The summed E-state index contributed by atoms with van der Waals surface area (Å²) in [5.41, 5.74) is -0.319. The van der Waals surface area contributed by atoms with Gasteiger partial charge < -0.3 is 15.0 Å². The van der Waals surface area contributed by atoms with Crippen LogP contribution in [-0.2, 0) is 4.79 Å². The first-order valence-corrected chi connectivity index (χ1v) is 5.71. The lowest BCUT2D eigenvalue weighted by Crippen LogP contribution is -2.41. The molecule has 1 saturated carbocycles. The highest BCUT2D eigenvalue weighted by Gasteiger charge is 2.49. The zero-order valence-corrected chi connectivity index (χ0v) is 9.99. The van der Waals surface area contributed by atoms with Crippen LogP contribution in [0.4, 0.5) is 0 Å². The predicted octanol–water partition coefficient (Wildman–Crippen LogP) is 0.806. The van der Waals surface area contributed by atoms with Crippen LogP contribution in [0.25, 0.3) is 0 Å². The van der Waals surface area contributed by atoms with Crippen LogP contribution in [0, 0.1) is 23.2 Å². The summed E-state index contributed by atoms with van der Waals surface area (Å²) in [6.07, 6.45) is 0.951. The molecule has 0 radical (unpaired) electrons. The molecule has 1 aliphatic rings. The number of carboxylic acid groups (broad SMARTS) is 1. The van der Waals surface area contributed by atoms with Gasteiger partial charge in [0.15, 0.2) is 0 Å². The van der Waals surface area contributed by atoms with Gasteiger partial charge in [0.25, 0.3) is 0 Å². The molecule has 15 heavy (non-hydrogen) atoms. The van der Waals surface area contributed by atoms with Crippen molar-refractivity contribution >= 4 is 5.97 Å². The van der Waals surface area contributed by atoms with Gasteiger partial charge >= 0.3 is 0 Å². The van der Waals surface area contributed by atoms with Crippen molar-refractivity contribution in [2.45, 2.75) is 46.6 Å². The second-order valence-corrected chi connectivity index (χ2v) is 5.42. The van der Waals surface area contributed by atoms with Gasteiger partial charge in [-0.2, -0.15) is 0 Å². The van der Waals surface area contributed by atoms with Gasteiger partial charge in [-0.3, -0.25) is 0 Å². The van der Waals surface area contributed by atoms with E-state index in [1.165, 1.54) is 0 Å². The summed E-state index contributed by atoms with van der Waals surface area (Å²) in [7, 11) is 0. The highest BCUT2D eigenvalue weighted by Crippen LogP contribution is 2.50. The fraction of sp³-hybridized carbons (Fsp3) is 0.917. The Labute approximate surface area is 91.5 Å². The second-order valence-electron chi connectivity index (χ2n) is 5.42. The minimum atomic E-state index is -0.975. The summed E-state index contributed by atoms with van der Waals surface area (Å²) in [6.45, 7) is 7.76. The number of rotatable bonds is 3. The van der Waals surface area contributed by atoms with E-state index in [9.17, 15) is 15.0 Å². The summed E-state index contributed by atoms with van der Waals surface area (Å²) in [6, 6.07) is 0. The molecular formula is C12H21O3-. The molecule has 0 saturated heterocycles. The summed E-state index contributed by atoms with van der Waals surface area (Å²) >= 11 is 0. The van der Waals surface area contributed by atoms with E-state index in [1.54, 1.807) is 0 Å². The summed E-state index contributed by atoms with van der Waals surface area (Å²) in [5, 5.41) is 21.0. The van der Waals surface area contributed by atoms with Crippen molar-refractivity contribution in [2.24, 2.45) is 23.2 Å². The molecule has 88 valence electrons. The number of hydrogen-bond acceptors (Lipinski definition) is 3. The zero-order valence-electron chi connectivity index (χ0n) is 9.99. The molecule has 1 aliphatic carbocycles. The van der Waals surface area contributed by atoms with Crippen molar-refractivity contribution < 1.29 is 15.0 Å². The van der Waals surface area contributed by atoms with Gasteiger partial charge in [-0.15, -0.1) is 0 Å². The lowest BCUT2D eigenvalue weighted by molar-refractivity contribution is -0.314. The quantitative estimate of drug-likeness (QED) is 0.754. The van der Waals surface area contributed by atoms with Crippen molar-refractivity contribution in [2.75, 3.05) is 0 Å². The molecule has 0 heterocycles. The first-order chi connectivity index (χ1) is 6.82. The molecule has 1 rings (SSSR count). The molecule has 0 bridgehead atoms. The monoisotopic (exact) mass is 213 g/mol. The molecule has 0 aromatic carbocycles. The number of carbonyl (C=O) groups is 1. The fourth-order valence-electron chi connectivity index (χ4n) is 3.08. The van der Waals surface area contributed by atoms with Crippen molar-refractivity contribution in [3.8, 4) is 0 Å². The summed E-state index contributed by atoms with van der Waals surface area (Å²) < 4.78 is 0. The molecule has 1 fully saturated rings. The van der Waals surface area contributed by atoms with Gasteiger partial charge in [-0.1, -0.05) is 27.7 Å². The molecule has 0 aliphatic heterocycles. The normalized spacial score (nSPS) is 36.5. The molecule has 4 atom stereocenters. The van der Waals surface area contributed by atoms with Gasteiger partial charge in [-0.25, -0.2) is 0 Å². The smallest absolute Gasteiger partial charge is 0.0619 e. The fourth-order valence-corrected chi connectivity index (χ4v) is 3.08. The summed E-state index contributed by atoms with van der Waals surface area (Å²) in [5.74, 6) is -1.20. The van der Waals surface area contributed by atoms with E-state index in [0.717, 1.165) is 6.42 Å². The average Bonchev–Trinajstić information content (AvgIpc) is 2.31. The van der Waals surface area contributed by atoms with E-state index in [1.807, 2.05) is 27.7 Å². The molecule has 0 aromatic heterocycles. The molecule has 0 aromatic rings. The topological polar surface area (TPSA) is 60.4 Å². The van der Waals surface area contributed by atoms with Crippen LogP contribution < -0.4 is 5.11 Å². The first kappa shape index (κ1) is 12.5. The van der Waals surface area contributed by atoms with E-state index in [-0.39, 0.29) is 17.3 Å². The van der Waals surface area contributed by atoms with Gasteiger partial charge in [0.1, 0.15) is 0 Å². The zero-order chi connectivity index (χ0) is 11.8. The second kappa shape index (κ2) is 4.12. The SMILES string of the molecule is CCC(C(=O)[O-])C1CC(C)C(O)C1(C)C. The largest absolute Gasteiger partial charge is 0.550 e. The Morgan fingerprint density at radius 1 is 1.60 bits per heavy atom. The minimum absolute atomic E-state index is 0.0255. The Bertz CT molecular complexity index is 247. The molecule has 3 nitrogen and oxygen atoms in total. The van der Waals surface area contributed by atoms with Gasteiger partial charge in [0.2, 0.25) is 0 Å². The van der Waals surface area contributed by atoms with Gasteiger partial charge in [-0.05, 0) is 30.1 Å². The van der Waals surface area contributed by atoms with Crippen LogP contribution in [0.2, 0.25) is 0 Å². The maximum absolute atomic E-state index is 11.0. The lowest BCUT2D eigenvalue weighted by Gasteiger charge is -2.36. The van der Waals surface area contributed by atoms with Crippen LogP contribution in [0.5, 0.6) is 0 Å². The van der Waals surface area contributed by atoms with E-state index in [0.29, 0.717) is 6.42 Å². The van der Waals surface area contributed by atoms with Gasteiger partial charge in [0.05, 0.1) is 6.10 Å². The van der Waals surface area contributed by atoms with Crippen LogP contribution in [0.3, 0.4) is 0 Å². The van der Waals surface area contributed by atoms with E-state index in [2.05, 4.69) is 0 Å². The Balaban J connectivity index is 2.91. The maximum Gasteiger partial charge on any atom is 0.0619 e. The predicted molar refractivity (Wildman–Crippen MR) is 55.8 cm³/mol. The average molecular weight is 213 g/mol. The van der Waals surface area contributed by atoms with Crippen LogP contribution in [0.1, 0.15) is 40.5 Å². The maximum atomic E-state index is 11.0. The Hall–Kier alpha value is -0.570. The molecule has 0 spiro atoms. The highest BCUT2D eigenvalue weighted by atomic mass is 16.4. The molecule has 1 N–H and O–H groups in total. The highest BCUT2D eigenvalue weighted by molar-refractivity contribution is 5.68. The molecule has 4 unspecified atom stereocenters. The minimum Gasteiger partial charge on any atom is -0.550 e. The van der Waals surface area contributed by atoms with Crippen LogP contribution in [-0.4, -0.2) is 17.2 Å². The standard InChI is InChI=1S/C12H22O3/c1-5-8(11(14)15)9-6-7(2)10(13)12(9,3)4/h7-10,13H,5-6H2,1-4H3,(H,14,15)/p-1. The van der Waals surface area contributed by atoms with Crippen LogP contribution in [0.15, 0.2) is 0 Å². The van der Waals surface area contributed by atoms with E-state index >= 15 is 0 Å². The van der Waals surface area contributed by atoms with Crippen molar-refractivity contribution in [1.82, 2.24) is 0 Å². The van der Waals surface area contributed by atoms with Crippen LogP contribution >= 0.6 is 0 Å². The first-order valence-electron chi connectivity index (χ1n) is 5.71.